The zero-order valence-electron chi connectivity index (χ0n) is 23.6. The maximum atomic E-state index is 14.4. The van der Waals surface area contributed by atoms with E-state index in [1.54, 1.807) is 29.0 Å². The summed E-state index contributed by atoms with van der Waals surface area (Å²) in [6, 6.07) is 17.1. The smallest absolute Gasteiger partial charge is 0.416 e. The monoisotopic (exact) mass is 640 g/mol. The first-order valence-electron chi connectivity index (χ1n) is 14.0. The van der Waals surface area contributed by atoms with Gasteiger partial charge in [0.25, 0.3) is 5.91 Å². The molecule has 0 aliphatic heterocycles. The van der Waals surface area contributed by atoms with Crippen LogP contribution in [-0.2, 0) is 24.4 Å². The number of carboxylic acid groups (broad SMARTS) is 1. The van der Waals surface area contributed by atoms with Gasteiger partial charge < -0.3 is 15.0 Å². The second kappa shape index (κ2) is 11.0. The molecule has 0 unspecified atom stereocenters. The van der Waals surface area contributed by atoms with Crippen molar-refractivity contribution in [3.8, 4) is 11.1 Å². The molecule has 1 aromatic heterocycles. The summed E-state index contributed by atoms with van der Waals surface area (Å²) in [6.45, 7) is 0.0180. The quantitative estimate of drug-likeness (QED) is 0.175. The number of amides is 1. The molecular weight excluding hydrogens is 617 g/mol. The van der Waals surface area contributed by atoms with Gasteiger partial charge in [-0.25, -0.2) is 9.18 Å². The van der Waals surface area contributed by atoms with Crippen LogP contribution < -0.4 is 5.32 Å². The number of nitrogens with zero attached hydrogens (tertiary/aromatic N) is 1. The van der Waals surface area contributed by atoms with Crippen LogP contribution in [-0.4, -0.2) is 21.6 Å². The fourth-order valence-corrected chi connectivity index (χ4v) is 5.62. The van der Waals surface area contributed by atoms with E-state index in [1.807, 2.05) is 0 Å². The predicted molar refractivity (Wildman–Crippen MR) is 155 cm³/mol. The van der Waals surface area contributed by atoms with Gasteiger partial charge in [-0.3, -0.25) is 4.79 Å². The molecule has 0 radical (unpaired) electrons. The number of carboxylic acids is 1. The second-order valence-corrected chi connectivity index (χ2v) is 11.2. The Morgan fingerprint density at radius 1 is 0.804 bits per heavy atom. The number of carbonyl (C=O) groups is 2. The first-order chi connectivity index (χ1) is 21.6. The average molecular weight is 641 g/mol. The molecule has 0 bridgehead atoms. The third kappa shape index (κ3) is 5.94. The number of halogens is 7. The number of aromatic nitrogens is 1. The van der Waals surface area contributed by atoms with E-state index >= 15 is 0 Å². The van der Waals surface area contributed by atoms with Gasteiger partial charge in [-0.15, -0.1) is 0 Å². The molecule has 1 saturated carbocycles. The lowest BCUT2D eigenvalue weighted by Crippen LogP contribution is -2.35. The van der Waals surface area contributed by atoms with Crippen LogP contribution in [0.4, 0.5) is 30.7 Å². The van der Waals surface area contributed by atoms with Gasteiger partial charge in [-0.2, -0.15) is 26.3 Å². The summed E-state index contributed by atoms with van der Waals surface area (Å²) < 4.78 is 96.0. The van der Waals surface area contributed by atoms with E-state index in [2.05, 4.69) is 5.32 Å². The number of benzene rings is 4. The first kappa shape index (κ1) is 30.9. The molecule has 1 heterocycles. The lowest BCUT2D eigenvalue weighted by atomic mass is 9.96. The van der Waals surface area contributed by atoms with Gasteiger partial charge in [0.15, 0.2) is 0 Å². The highest BCUT2D eigenvalue weighted by Gasteiger charge is 2.46. The Hall–Kier alpha value is -5.13. The number of nitrogens with one attached hydrogen (secondary N) is 1. The lowest BCUT2D eigenvalue weighted by Gasteiger charge is -2.20. The summed E-state index contributed by atoms with van der Waals surface area (Å²) in [5.74, 6) is -2.73. The molecular formula is C34H23F7N2O3. The van der Waals surface area contributed by atoms with Crippen LogP contribution >= 0.6 is 0 Å². The number of fused-ring (bicyclic) bond motifs is 1. The number of hydrogen-bond acceptors (Lipinski definition) is 2. The van der Waals surface area contributed by atoms with Gasteiger partial charge in [0.1, 0.15) is 5.82 Å². The summed E-state index contributed by atoms with van der Waals surface area (Å²) in [5.41, 5.74) is -1.00. The summed E-state index contributed by atoms with van der Waals surface area (Å²) in [6.07, 6.45) is -6.65. The molecule has 236 valence electrons. The fourth-order valence-electron chi connectivity index (χ4n) is 5.62. The van der Waals surface area contributed by atoms with Gasteiger partial charge in [0.05, 0.1) is 33.3 Å². The molecule has 6 rings (SSSR count). The van der Waals surface area contributed by atoms with E-state index in [0.29, 0.717) is 35.4 Å². The number of alkyl halides is 6. The zero-order chi connectivity index (χ0) is 33.0. The number of aromatic carboxylic acids is 1. The van der Waals surface area contributed by atoms with Gasteiger partial charge >= 0.3 is 18.3 Å². The fraction of sp³-hybridized carbons (Fsp3) is 0.176. The molecule has 12 heteroatoms. The third-order valence-electron chi connectivity index (χ3n) is 8.13. The average Bonchev–Trinajstić information content (AvgIpc) is 3.66. The Balaban J connectivity index is 1.43. The molecule has 46 heavy (non-hydrogen) atoms. The van der Waals surface area contributed by atoms with Crippen LogP contribution in [0.1, 0.15) is 55.8 Å². The van der Waals surface area contributed by atoms with Crippen LogP contribution in [0.5, 0.6) is 0 Å². The Morgan fingerprint density at radius 2 is 1.46 bits per heavy atom. The Morgan fingerprint density at radius 3 is 2.04 bits per heavy atom. The predicted octanol–water partition coefficient (Wildman–Crippen LogP) is 8.65. The standard InChI is InChI=1S/C34H23F7N2O3/c35-25-16-21(15-24(17-25)34(39,40)41)26-9-10-28(30(44)42-32(12-13-32)22-7-3-20(4-8-22)31(45)46)29-27(26)11-14-43(29)18-19-1-5-23(6-2-19)33(36,37)38/h1-11,14-17H,12-13,18H2,(H,42,44)(H,45,46). The number of hydrogen-bond donors (Lipinski definition) is 2. The molecule has 1 aliphatic carbocycles. The van der Waals surface area contributed by atoms with E-state index in [1.165, 1.54) is 36.4 Å². The molecule has 1 aliphatic rings. The lowest BCUT2D eigenvalue weighted by molar-refractivity contribution is -0.138. The van der Waals surface area contributed by atoms with Crippen LogP contribution in [0.25, 0.3) is 22.0 Å². The van der Waals surface area contributed by atoms with Crippen molar-refractivity contribution in [1.29, 1.82) is 0 Å². The minimum absolute atomic E-state index is 0.0180. The molecule has 0 atom stereocenters. The summed E-state index contributed by atoms with van der Waals surface area (Å²) >= 11 is 0. The van der Waals surface area contributed by atoms with Crippen molar-refractivity contribution >= 4 is 22.8 Å². The van der Waals surface area contributed by atoms with Gasteiger partial charge in [-0.1, -0.05) is 30.3 Å². The highest BCUT2D eigenvalue weighted by molar-refractivity contribution is 6.10. The van der Waals surface area contributed by atoms with E-state index in [0.717, 1.165) is 24.3 Å². The molecule has 4 aromatic carbocycles. The van der Waals surface area contributed by atoms with Gasteiger partial charge in [0.2, 0.25) is 0 Å². The summed E-state index contributed by atoms with van der Waals surface area (Å²) in [7, 11) is 0. The minimum atomic E-state index is -4.81. The van der Waals surface area contributed by atoms with Crippen molar-refractivity contribution in [3.63, 3.8) is 0 Å². The summed E-state index contributed by atoms with van der Waals surface area (Å²) in [4.78, 5) is 25.1. The third-order valence-corrected chi connectivity index (χ3v) is 8.13. The number of carbonyl (C=O) groups excluding carboxylic acids is 1. The Labute approximate surface area is 256 Å². The highest BCUT2D eigenvalue weighted by atomic mass is 19.4. The van der Waals surface area contributed by atoms with Crippen LogP contribution in [0.2, 0.25) is 0 Å². The van der Waals surface area contributed by atoms with Crippen LogP contribution in [0.3, 0.4) is 0 Å². The molecule has 2 N–H and O–H groups in total. The maximum absolute atomic E-state index is 14.4. The Bertz CT molecular complexity index is 1970. The molecule has 5 aromatic rings. The largest absolute Gasteiger partial charge is 0.478 e. The molecule has 0 saturated heterocycles. The normalized spacial score (nSPS) is 14.3. The van der Waals surface area contributed by atoms with Crippen LogP contribution in [0.15, 0.2) is 91.1 Å². The van der Waals surface area contributed by atoms with Crippen molar-refractivity contribution in [2.24, 2.45) is 0 Å². The van der Waals surface area contributed by atoms with Crippen molar-refractivity contribution in [1.82, 2.24) is 9.88 Å². The SMILES string of the molecule is O=C(O)c1ccc(C2(NC(=O)c3ccc(-c4cc(F)cc(C(F)(F)F)c4)c4ccn(Cc5ccc(C(F)(F)F)cc5)c34)CC2)cc1. The van der Waals surface area contributed by atoms with Gasteiger partial charge in [-0.05, 0) is 89.7 Å². The maximum Gasteiger partial charge on any atom is 0.416 e. The summed E-state index contributed by atoms with van der Waals surface area (Å²) in [5, 5.41) is 12.6. The van der Waals surface area contributed by atoms with E-state index in [4.69, 9.17) is 0 Å². The Kier molecular flexibility index (Phi) is 7.41. The van der Waals surface area contributed by atoms with E-state index < -0.39 is 46.7 Å². The topological polar surface area (TPSA) is 71.3 Å². The molecule has 1 fully saturated rings. The molecule has 0 spiro atoms. The highest BCUT2D eigenvalue weighted by Crippen LogP contribution is 2.46. The van der Waals surface area contributed by atoms with Crippen molar-refractivity contribution in [2.45, 2.75) is 37.3 Å². The minimum Gasteiger partial charge on any atom is -0.478 e. The van der Waals surface area contributed by atoms with E-state index in [9.17, 15) is 45.4 Å². The van der Waals surface area contributed by atoms with E-state index in [-0.39, 0.29) is 34.3 Å². The van der Waals surface area contributed by atoms with Crippen molar-refractivity contribution in [3.05, 3.63) is 130 Å². The van der Waals surface area contributed by atoms with Crippen LogP contribution in [0, 0.1) is 5.82 Å². The molecule has 1 amide bonds. The number of rotatable bonds is 7. The van der Waals surface area contributed by atoms with Crippen molar-refractivity contribution in [2.75, 3.05) is 0 Å². The second-order valence-electron chi connectivity index (χ2n) is 11.2. The van der Waals surface area contributed by atoms with Gasteiger partial charge in [0, 0.05) is 18.1 Å². The zero-order valence-corrected chi connectivity index (χ0v) is 23.6. The molecule has 5 nitrogen and oxygen atoms in total. The van der Waals surface area contributed by atoms with Crippen molar-refractivity contribution < 1.29 is 45.4 Å². The first-order valence-corrected chi connectivity index (χ1v) is 14.0.